The highest BCUT2D eigenvalue weighted by atomic mass is 32.2. The van der Waals surface area contributed by atoms with E-state index in [-0.39, 0.29) is 17.3 Å². The summed E-state index contributed by atoms with van der Waals surface area (Å²) in [4.78, 5) is 11.5. The van der Waals surface area contributed by atoms with Gasteiger partial charge in [0, 0.05) is 13.0 Å². The summed E-state index contributed by atoms with van der Waals surface area (Å²) in [6.45, 7) is 8.14. The Hall–Kier alpha value is -1.30. The molecule has 0 amide bonds. The predicted octanol–water partition coefficient (Wildman–Crippen LogP) is 1.57. The number of hydrogen-bond acceptors (Lipinski definition) is 5. The molecule has 0 aromatic carbocycles. The second-order valence-electron chi connectivity index (χ2n) is 4.02. The molecule has 0 N–H and O–H groups in total. The van der Waals surface area contributed by atoms with Crippen LogP contribution in [0.4, 0.5) is 0 Å². The number of aromatic nitrogens is 3. The Morgan fingerprint density at radius 3 is 3.00 bits per heavy atom. The number of hydrogen-bond donors (Lipinski definition) is 0. The molecule has 1 aromatic heterocycles. The monoisotopic (exact) mass is 253 g/mol. The fraction of sp³-hybridized carbons (Fsp3) is 0.545. The van der Waals surface area contributed by atoms with E-state index in [2.05, 4.69) is 16.8 Å². The molecule has 1 aromatic rings. The zero-order valence-electron chi connectivity index (χ0n) is 9.92. The number of carbonyl (C=O) groups is 1. The van der Waals surface area contributed by atoms with E-state index < -0.39 is 0 Å². The molecule has 2 heterocycles. The first-order valence-corrected chi connectivity index (χ1v) is 6.37. The maximum absolute atomic E-state index is 11.5. The van der Waals surface area contributed by atoms with Crippen LogP contribution < -0.4 is 0 Å². The van der Waals surface area contributed by atoms with Crippen LogP contribution in [-0.4, -0.2) is 32.1 Å². The number of allylic oxidation sites excluding steroid dienone is 1. The van der Waals surface area contributed by atoms with E-state index >= 15 is 0 Å². The average molecular weight is 253 g/mol. The van der Waals surface area contributed by atoms with Gasteiger partial charge in [-0.1, -0.05) is 17.8 Å². The van der Waals surface area contributed by atoms with Crippen LogP contribution in [0.3, 0.4) is 0 Å². The number of aryl methyl sites for hydroxylation is 1. The third-order valence-corrected chi connectivity index (χ3v) is 3.77. The van der Waals surface area contributed by atoms with Crippen LogP contribution in [-0.2, 0) is 16.1 Å². The molecule has 2 atom stereocenters. The van der Waals surface area contributed by atoms with Gasteiger partial charge in [0.05, 0.1) is 0 Å². The number of carbonyl (C=O) groups excluding carboxylic acids is 1. The van der Waals surface area contributed by atoms with Crippen molar-refractivity contribution in [1.29, 1.82) is 0 Å². The third-order valence-electron chi connectivity index (χ3n) is 2.59. The van der Waals surface area contributed by atoms with Crippen molar-refractivity contribution in [3.63, 3.8) is 0 Å². The minimum absolute atomic E-state index is 0.00290. The van der Waals surface area contributed by atoms with Gasteiger partial charge < -0.3 is 9.30 Å². The van der Waals surface area contributed by atoms with Gasteiger partial charge in [-0.3, -0.25) is 4.79 Å². The molecule has 1 saturated heterocycles. The molecule has 1 aliphatic heterocycles. The first-order chi connectivity index (χ1) is 8.11. The van der Waals surface area contributed by atoms with Gasteiger partial charge in [0.2, 0.25) is 0 Å². The van der Waals surface area contributed by atoms with Crippen molar-refractivity contribution in [1.82, 2.24) is 14.8 Å². The molecule has 17 heavy (non-hydrogen) atoms. The van der Waals surface area contributed by atoms with Crippen LogP contribution in [0.15, 0.2) is 17.8 Å². The molecule has 2 rings (SSSR count). The van der Waals surface area contributed by atoms with Gasteiger partial charge in [-0.25, -0.2) is 0 Å². The molecule has 1 fully saturated rings. The molecule has 92 valence electrons. The molecule has 0 saturated carbocycles. The molecule has 1 aliphatic rings. The molecule has 0 spiro atoms. The molecule has 0 unspecified atom stereocenters. The van der Waals surface area contributed by atoms with Crippen LogP contribution >= 0.6 is 11.8 Å². The van der Waals surface area contributed by atoms with Gasteiger partial charge in [-0.05, 0) is 13.8 Å². The number of ether oxygens (including phenoxy) is 1. The van der Waals surface area contributed by atoms with E-state index in [0.717, 1.165) is 17.4 Å². The lowest BCUT2D eigenvalue weighted by Crippen LogP contribution is -2.11. The highest BCUT2D eigenvalue weighted by molar-refractivity contribution is 8.00. The van der Waals surface area contributed by atoms with Crippen molar-refractivity contribution in [2.75, 3.05) is 0 Å². The smallest absolute Gasteiger partial charge is 0.319 e. The highest BCUT2D eigenvalue weighted by Crippen LogP contribution is 2.31. The first kappa shape index (κ1) is 12.2. The lowest BCUT2D eigenvalue weighted by molar-refractivity contribution is -0.140. The van der Waals surface area contributed by atoms with Gasteiger partial charge in [0.1, 0.15) is 17.2 Å². The Bertz CT molecular complexity index is 444. The number of nitrogens with zero attached hydrogens (tertiary/aromatic N) is 3. The third kappa shape index (κ3) is 2.52. The second-order valence-corrected chi connectivity index (χ2v) is 5.19. The fourth-order valence-corrected chi connectivity index (χ4v) is 2.93. The van der Waals surface area contributed by atoms with Gasteiger partial charge in [-0.15, -0.1) is 16.8 Å². The Morgan fingerprint density at radius 1 is 1.65 bits per heavy atom. The van der Waals surface area contributed by atoms with Crippen molar-refractivity contribution in [2.45, 2.75) is 43.3 Å². The van der Waals surface area contributed by atoms with Crippen molar-refractivity contribution < 1.29 is 9.53 Å². The summed E-state index contributed by atoms with van der Waals surface area (Å²) in [6, 6.07) is 0. The summed E-state index contributed by atoms with van der Waals surface area (Å²) in [7, 11) is 0. The molecule has 0 radical (unpaired) electrons. The SMILES string of the molecule is C=CCn1c(C)nnc1S[C@H]1C[C@@H](C)OC1=O. The summed E-state index contributed by atoms with van der Waals surface area (Å²) >= 11 is 1.42. The molecular formula is C11H15N3O2S. The van der Waals surface area contributed by atoms with Gasteiger partial charge in [0.15, 0.2) is 5.16 Å². The van der Waals surface area contributed by atoms with E-state index in [4.69, 9.17) is 4.74 Å². The van der Waals surface area contributed by atoms with E-state index in [0.29, 0.717) is 6.54 Å². The number of rotatable bonds is 4. The van der Waals surface area contributed by atoms with Gasteiger partial charge in [0.25, 0.3) is 0 Å². The number of cyclic esters (lactones) is 1. The van der Waals surface area contributed by atoms with Crippen LogP contribution in [0.2, 0.25) is 0 Å². The minimum atomic E-state index is -0.169. The fourth-order valence-electron chi connectivity index (χ4n) is 1.73. The van der Waals surface area contributed by atoms with Crippen molar-refractivity contribution in [2.24, 2.45) is 0 Å². The van der Waals surface area contributed by atoms with Crippen molar-refractivity contribution in [3.05, 3.63) is 18.5 Å². The second kappa shape index (κ2) is 4.91. The predicted molar refractivity (Wildman–Crippen MR) is 64.8 cm³/mol. The Balaban J connectivity index is 2.13. The van der Waals surface area contributed by atoms with Crippen molar-refractivity contribution >= 4 is 17.7 Å². The van der Waals surface area contributed by atoms with Crippen LogP contribution in [0.1, 0.15) is 19.2 Å². The van der Waals surface area contributed by atoms with E-state index in [1.54, 1.807) is 6.08 Å². The summed E-state index contributed by atoms with van der Waals surface area (Å²) in [5.41, 5.74) is 0. The largest absolute Gasteiger partial charge is 0.462 e. The van der Waals surface area contributed by atoms with E-state index in [1.807, 2.05) is 18.4 Å². The van der Waals surface area contributed by atoms with Gasteiger partial charge in [-0.2, -0.15) is 0 Å². The maximum Gasteiger partial charge on any atom is 0.319 e. The standard InChI is InChI=1S/C11H15N3O2S/c1-4-5-14-8(3)12-13-11(14)17-9-6-7(2)16-10(9)15/h4,7,9H,1,5-6H2,2-3H3/t7-,9+/m1/s1. The number of esters is 1. The number of thioether (sulfide) groups is 1. The Morgan fingerprint density at radius 2 is 2.41 bits per heavy atom. The summed E-state index contributed by atoms with van der Waals surface area (Å²) < 4.78 is 7.05. The van der Waals surface area contributed by atoms with E-state index in [9.17, 15) is 4.79 Å². The van der Waals surface area contributed by atoms with Crippen LogP contribution in [0.25, 0.3) is 0 Å². The quantitative estimate of drug-likeness (QED) is 0.602. The molecule has 0 aliphatic carbocycles. The Labute approximate surface area is 104 Å². The molecule has 5 nitrogen and oxygen atoms in total. The topological polar surface area (TPSA) is 57.0 Å². The maximum atomic E-state index is 11.5. The van der Waals surface area contributed by atoms with Crippen molar-refractivity contribution in [3.8, 4) is 0 Å². The first-order valence-electron chi connectivity index (χ1n) is 5.49. The molecule has 6 heteroatoms. The van der Waals surface area contributed by atoms with Gasteiger partial charge >= 0.3 is 5.97 Å². The summed E-state index contributed by atoms with van der Waals surface area (Å²) in [5.74, 6) is 0.667. The zero-order chi connectivity index (χ0) is 12.4. The van der Waals surface area contributed by atoms with Crippen LogP contribution in [0.5, 0.6) is 0 Å². The highest BCUT2D eigenvalue weighted by Gasteiger charge is 2.34. The summed E-state index contributed by atoms with van der Waals surface area (Å²) in [5, 5.41) is 8.67. The lowest BCUT2D eigenvalue weighted by atomic mass is 10.3. The average Bonchev–Trinajstić information content (AvgIpc) is 2.76. The normalized spacial score (nSPS) is 23.8. The van der Waals surface area contributed by atoms with E-state index in [1.165, 1.54) is 11.8 Å². The molecule has 0 bridgehead atoms. The van der Waals surface area contributed by atoms with Crippen LogP contribution in [0, 0.1) is 6.92 Å². The Kier molecular flexibility index (Phi) is 3.51. The summed E-state index contributed by atoms with van der Waals surface area (Å²) in [6.07, 6.45) is 2.51. The zero-order valence-corrected chi connectivity index (χ0v) is 10.7. The lowest BCUT2D eigenvalue weighted by Gasteiger charge is -2.07. The molecular weight excluding hydrogens is 238 g/mol. The minimum Gasteiger partial charge on any atom is -0.462 e.